The summed E-state index contributed by atoms with van der Waals surface area (Å²) >= 11 is 7.69. The number of thioether (sulfide) groups is 1. The topological polar surface area (TPSA) is 55.4 Å². The third kappa shape index (κ3) is 4.77. The molecule has 0 aliphatic carbocycles. The van der Waals surface area contributed by atoms with Crippen molar-refractivity contribution in [1.82, 2.24) is 0 Å². The highest BCUT2D eigenvalue weighted by molar-refractivity contribution is 7.99. The molecule has 0 fully saturated rings. The molecule has 0 saturated carbocycles. The van der Waals surface area contributed by atoms with Crippen LogP contribution in [0.1, 0.15) is 9.67 Å². The number of benzene rings is 2. The molecule has 0 saturated heterocycles. The van der Waals surface area contributed by atoms with Crippen LogP contribution < -0.4 is 5.32 Å². The molecule has 3 rings (SSSR count). The van der Waals surface area contributed by atoms with Crippen molar-refractivity contribution in [3.05, 3.63) is 58.4 Å². The van der Waals surface area contributed by atoms with Crippen LogP contribution in [0.4, 0.5) is 14.5 Å². The van der Waals surface area contributed by atoms with Crippen molar-refractivity contribution >= 4 is 62.3 Å². The van der Waals surface area contributed by atoms with Gasteiger partial charge < -0.3 is 10.1 Å². The average Bonchev–Trinajstić information content (AvgIpc) is 2.98. The molecule has 4 nitrogen and oxygen atoms in total. The summed E-state index contributed by atoms with van der Waals surface area (Å²) in [6, 6.07) is 13.4. The number of para-hydroxylation sites is 1. The molecule has 0 aliphatic heterocycles. The van der Waals surface area contributed by atoms with E-state index in [1.54, 1.807) is 24.3 Å². The van der Waals surface area contributed by atoms with E-state index in [-0.39, 0.29) is 20.5 Å². The summed E-state index contributed by atoms with van der Waals surface area (Å²) in [7, 11) is 0. The van der Waals surface area contributed by atoms with Gasteiger partial charge in [-0.2, -0.15) is 8.78 Å². The monoisotopic (exact) mass is 427 g/mol. The third-order valence-corrected chi connectivity index (χ3v) is 5.88. The van der Waals surface area contributed by atoms with Crippen molar-refractivity contribution in [1.29, 1.82) is 0 Å². The van der Waals surface area contributed by atoms with Gasteiger partial charge in [0.25, 0.3) is 11.7 Å². The Morgan fingerprint density at radius 3 is 2.59 bits per heavy atom. The lowest BCUT2D eigenvalue weighted by Gasteiger charge is -2.10. The first-order valence-corrected chi connectivity index (χ1v) is 9.71. The number of hydrogen-bond donors (Lipinski definition) is 1. The smallest absolute Gasteiger partial charge is 0.350 e. The number of rotatable bonds is 6. The molecule has 0 aliphatic rings. The Balaban J connectivity index is 1.64. The first kappa shape index (κ1) is 19.6. The van der Waals surface area contributed by atoms with E-state index in [9.17, 15) is 18.4 Å². The minimum atomic E-state index is -2.61. The number of thiophene rings is 1. The molecule has 1 N–H and O–H groups in total. The number of amides is 1. The lowest BCUT2D eigenvalue weighted by Crippen LogP contribution is -2.21. The molecule has 1 heterocycles. The van der Waals surface area contributed by atoms with E-state index in [1.165, 1.54) is 23.5 Å². The molecule has 3 aromatic rings. The van der Waals surface area contributed by atoms with E-state index in [0.29, 0.717) is 11.8 Å². The predicted octanol–water partition coefficient (Wildman–Crippen LogP) is 5.66. The van der Waals surface area contributed by atoms with Gasteiger partial charge in [0.1, 0.15) is 4.88 Å². The van der Waals surface area contributed by atoms with Gasteiger partial charge in [0, 0.05) is 15.0 Å². The van der Waals surface area contributed by atoms with E-state index in [2.05, 4.69) is 5.32 Å². The molecule has 0 bridgehead atoms. The summed E-state index contributed by atoms with van der Waals surface area (Å²) in [6.45, 7) is -0.558. The van der Waals surface area contributed by atoms with Crippen LogP contribution in [0.5, 0.6) is 0 Å². The summed E-state index contributed by atoms with van der Waals surface area (Å²) in [5, 5.41) is 3.48. The van der Waals surface area contributed by atoms with Crippen molar-refractivity contribution in [2.45, 2.75) is 10.7 Å². The molecule has 27 heavy (non-hydrogen) atoms. The number of esters is 1. The second-order valence-corrected chi connectivity index (χ2v) is 7.70. The maximum atomic E-state index is 12.6. The number of nitrogens with one attached hydrogen (secondary N) is 1. The average molecular weight is 428 g/mol. The van der Waals surface area contributed by atoms with Gasteiger partial charge in [-0.05, 0) is 18.2 Å². The number of anilines is 1. The van der Waals surface area contributed by atoms with E-state index in [1.807, 2.05) is 12.1 Å². The quantitative estimate of drug-likeness (QED) is 0.407. The number of alkyl halides is 2. The fourth-order valence-corrected chi connectivity index (χ4v) is 4.29. The molecule has 0 atom stereocenters. The minimum absolute atomic E-state index is 0.208. The van der Waals surface area contributed by atoms with Crippen molar-refractivity contribution in [3.63, 3.8) is 0 Å². The molecule has 1 aromatic heterocycles. The zero-order chi connectivity index (χ0) is 19.4. The van der Waals surface area contributed by atoms with Crippen LogP contribution >= 0.6 is 34.7 Å². The highest BCUT2D eigenvalue weighted by Crippen LogP contribution is 2.35. The summed E-state index contributed by atoms with van der Waals surface area (Å²) in [5.41, 5.74) is 0.226. The molecule has 140 valence electrons. The van der Waals surface area contributed by atoms with Crippen LogP contribution in [0.25, 0.3) is 10.1 Å². The number of ether oxygens (including phenoxy) is 1. The molecule has 1 amide bonds. The Morgan fingerprint density at radius 1 is 1.15 bits per heavy atom. The van der Waals surface area contributed by atoms with Crippen molar-refractivity contribution < 1.29 is 23.1 Å². The second kappa shape index (κ2) is 8.69. The van der Waals surface area contributed by atoms with Gasteiger partial charge in [-0.25, -0.2) is 4.79 Å². The normalized spacial score (nSPS) is 11.0. The second-order valence-electron chi connectivity index (χ2n) is 5.24. The van der Waals surface area contributed by atoms with Crippen LogP contribution in [0.2, 0.25) is 5.02 Å². The SMILES string of the molecule is O=C(COC(=O)c1sc2ccccc2c1Cl)Nc1ccccc1SC(F)F. The number of carbonyl (C=O) groups is 2. The van der Waals surface area contributed by atoms with Gasteiger partial charge in [-0.1, -0.05) is 53.7 Å². The lowest BCUT2D eigenvalue weighted by molar-refractivity contribution is -0.119. The number of carbonyl (C=O) groups excluding carboxylic acids is 2. The highest BCUT2D eigenvalue weighted by atomic mass is 35.5. The zero-order valence-corrected chi connectivity index (χ0v) is 16.0. The molecule has 9 heteroatoms. The van der Waals surface area contributed by atoms with Crippen molar-refractivity contribution in [2.75, 3.05) is 11.9 Å². The number of fused-ring (bicyclic) bond motifs is 1. The van der Waals surface area contributed by atoms with Crippen LogP contribution in [-0.4, -0.2) is 24.2 Å². The Morgan fingerprint density at radius 2 is 1.85 bits per heavy atom. The predicted molar refractivity (Wildman–Crippen MR) is 104 cm³/mol. The zero-order valence-electron chi connectivity index (χ0n) is 13.6. The largest absolute Gasteiger partial charge is 0.451 e. The van der Waals surface area contributed by atoms with Gasteiger partial charge in [0.2, 0.25) is 0 Å². The Kier molecular flexibility index (Phi) is 6.30. The van der Waals surface area contributed by atoms with Crippen molar-refractivity contribution in [2.24, 2.45) is 0 Å². The maximum absolute atomic E-state index is 12.6. The first-order chi connectivity index (χ1) is 13.0. The fourth-order valence-electron chi connectivity index (χ4n) is 2.30. The summed E-state index contributed by atoms with van der Waals surface area (Å²) in [6.07, 6.45) is 0. The Hall–Kier alpha value is -2.16. The van der Waals surface area contributed by atoms with Gasteiger partial charge in [0.15, 0.2) is 6.61 Å². The van der Waals surface area contributed by atoms with E-state index < -0.39 is 24.2 Å². The summed E-state index contributed by atoms with van der Waals surface area (Å²) in [4.78, 5) is 24.7. The fraction of sp³-hybridized carbons (Fsp3) is 0.111. The van der Waals surface area contributed by atoms with E-state index >= 15 is 0 Å². The molecule has 0 spiro atoms. The first-order valence-electron chi connectivity index (χ1n) is 7.63. The summed E-state index contributed by atoms with van der Waals surface area (Å²) < 4.78 is 31.0. The minimum Gasteiger partial charge on any atom is -0.451 e. The van der Waals surface area contributed by atoms with Gasteiger partial charge in [-0.15, -0.1) is 11.3 Å². The van der Waals surface area contributed by atoms with Crippen molar-refractivity contribution in [3.8, 4) is 0 Å². The van der Waals surface area contributed by atoms with Crippen LogP contribution in [-0.2, 0) is 9.53 Å². The number of hydrogen-bond acceptors (Lipinski definition) is 5. The number of halogens is 3. The Labute approximate surface area is 166 Å². The molecular weight excluding hydrogens is 416 g/mol. The van der Waals surface area contributed by atoms with Crippen LogP contribution in [0, 0.1) is 0 Å². The molecular formula is C18H12ClF2NO3S2. The molecule has 2 aromatic carbocycles. The van der Waals surface area contributed by atoms with E-state index in [4.69, 9.17) is 16.3 Å². The third-order valence-electron chi connectivity index (χ3n) is 3.43. The Bertz CT molecular complexity index is 994. The van der Waals surface area contributed by atoms with Gasteiger partial charge >= 0.3 is 5.97 Å². The van der Waals surface area contributed by atoms with Gasteiger partial charge in [-0.3, -0.25) is 4.79 Å². The molecule has 0 radical (unpaired) electrons. The maximum Gasteiger partial charge on any atom is 0.350 e. The summed E-state index contributed by atoms with van der Waals surface area (Å²) in [5.74, 6) is -3.97. The standard InChI is InChI=1S/C18H12ClF2NO3S2/c19-15-10-5-1-3-7-12(10)26-16(15)17(24)25-9-14(23)22-11-6-2-4-8-13(11)27-18(20)21/h1-8,18H,9H2,(H,22,23). The molecule has 0 unspecified atom stereocenters. The van der Waals surface area contributed by atoms with Crippen LogP contribution in [0.3, 0.4) is 0 Å². The highest BCUT2D eigenvalue weighted by Gasteiger charge is 2.19. The van der Waals surface area contributed by atoms with Crippen LogP contribution in [0.15, 0.2) is 53.4 Å². The lowest BCUT2D eigenvalue weighted by atomic mass is 10.2. The van der Waals surface area contributed by atoms with Gasteiger partial charge in [0.05, 0.1) is 10.7 Å². The van der Waals surface area contributed by atoms with E-state index in [0.717, 1.165) is 10.1 Å².